The predicted octanol–water partition coefficient (Wildman–Crippen LogP) is 2.58. The highest BCUT2D eigenvalue weighted by Crippen LogP contribution is 2.32. The maximum Gasteiger partial charge on any atom is 0.339 e. The quantitative estimate of drug-likeness (QED) is 0.814. The third kappa shape index (κ3) is 2.20. The molecule has 0 atom stereocenters. The molecule has 20 heavy (non-hydrogen) atoms. The summed E-state index contributed by atoms with van der Waals surface area (Å²) in [4.78, 5) is 11.7. The Bertz CT molecular complexity index is 764. The van der Waals surface area contributed by atoms with Crippen LogP contribution in [0.2, 0.25) is 0 Å². The molecule has 0 amide bonds. The van der Waals surface area contributed by atoms with Gasteiger partial charge in [0.25, 0.3) is 0 Å². The van der Waals surface area contributed by atoms with Crippen molar-refractivity contribution in [2.45, 2.75) is 17.7 Å². The monoisotopic (exact) mass is 288 g/mol. The smallest absolute Gasteiger partial charge is 0.339 e. The van der Waals surface area contributed by atoms with Crippen molar-refractivity contribution in [2.75, 3.05) is 0 Å². The van der Waals surface area contributed by atoms with Crippen molar-refractivity contribution in [3.05, 3.63) is 59.7 Å². The molecule has 0 bridgehead atoms. The summed E-state index contributed by atoms with van der Waals surface area (Å²) in [6.45, 7) is 0. The van der Waals surface area contributed by atoms with Crippen molar-refractivity contribution in [1.82, 2.24) is 0 Å². The second-order valence-electron chi connectivity index (χ2n) is 4.56. The van der Waals surface area contributed by atoms with Gasteiger partial charge in [0, 0.05) is 17.5 Å². The standard InChI is InChI=1S/C15H12O4S/c16-14-10-9-13-12(14)7-4-8-15(13)19-20(17,18)11-5-2-1-3-6-11/h1-8H,9-10H2. The number of rotatable bonds is 3. The van der Waals surface area contributed by atoms with Gasteiger partial charge in [-0.2, -0.15) is 8.42 Å². The molecule has 3 rings (SSSR count). The van der Waals surface area contributed by atoms with Crippen molar-refractivity contribution in [3.8, 4) is 5.75 Å². The number of benzene rings is 2. The van der Waals surface area contributed by atoms with Gasteiger partial charge in [-0.1, -0.05) is 30.3 Å². The third-order valence-electron chi connectivity index (χ3n) is 3.27. The third-order valence-corrected chi connectivity index (χ3v) is 4.52. The number of fused-ring (bicyclic) bond motifs is 1. The van der Waals surface area contributed by atoms with Crippen LogP contribution in [0, 0.1) is 0 Å². The van der Waals surface area contributed by atoms with E-state index < -0.39 is 10.1 Å². The zero-order valence-electron chi connectivity index (χ0n) is 10.6. The molecule has 2 aromatic carbocycles. The molecule has 0 unspecified atom stereocenters. The molecular formula is C15H12O4S. The summed E-state index contributed by atoms with van der Waals surface area (Å²) in [5.74, 6) is 0.278. The minimum Gasteiger partial charge on any atom is -0.379 e. The van der Waals surface area contributed by atoms with Crippen LogP contribution in [0.1, 0.15) is 22.3 Å². The maximum absolute atomic E-state index is 12.2. The van der Waals surface area contributed by atoms with E-state index in [1.807, 2.05) is 0 Å². The van der Waals surface area contributed by atoms with Gasteiger partial charge >= 0.3 is 10.1 Å². The fourth-order valence-electron chi connectivity index (χ4n) is 2.29. The Morgan fingerprint density at radius 3 is 2.40 bits per heavy atom. The largest absolute Gasteiger partial charge is 0.379 e. The second kappa shape index (κ2) is 4.76. The molecule has 102 valence electrons. The molecule has 4 nitrogen and oxygen atoms in total. The minimum absolute atomic E-state index is 0.0301. The van der Waals surface area contributed by atoms with Crippen LogP contribution >= 0.6 is 0 Å². The summed E-state index contributed by atoms with van der Waals surface area (Å²) in [7, 11) is -3.86. The Hall–Kier alpha value is -2.14. The zero-order valence-corrected chi connectivity index (χ0v) is 11.4. The Morgan fingerprint density at radius 2 is 1.65 bits per heavy atom. The molecule has 5 heteroatoms. The molecule has 0 aromatic heterocycles. The number of carbonyl (C=O) groups is 1. The molecule has 2 aromatic rings. The van der Waals surface area contributed by atoms with E-state index in [1.165, 1.54) is 12.1 Å². The van der Waals surface area contributed by atoms with E-state index in [9.17, 15) is 13.2 Å². The Balaban J connectivity index is 1.99. The Morgan fingerprint density at radius 1 is 0.900 bits per heavy atom. The number of hydrogen-bond acceptors (Lipinski definition) is 4. The molecule has 0 radical (unpaired) electrons. The van der Waals surface area contributed by atoms with E-state index in [4.69, 9.17) is 4.18 Å². The van der Waals surface area contributed by atoms with Gasteiger partial charge in [-0.15, -0.1) is 0 Å². The Kier molecular flexibility index (Phi) is 3.06. The summed E-state index contributed by atoms with van der Waals surface area (Å²) in [5, 5.41) is 0. The topological polar surface area (TPSA) is 60.4 Å². The van der Waals surface area contributed by atoms with E-state index in [1.54, 1.807) is 36.4 Å². The van der Waals surface area contributed by atoms with Crippen molar-refractivity contribution in [3.63, 3.8) is 0 Å². The lowest BCUT2D eigenvalue weighted by Crippen LogP contribution is -2.10. The van der Waals surface area contributed by atoms with Gasteiger partial charge in [-0.05, 0) is 24.6 Å². The van der Waals surface area contributed by atoms with Gasteiger partial charge in [-0.3, -0.25) is 4.79 Å². The summed E-state index contributed by atoms with van der Waals surface area (Å²) in [5.41, 5.74) is 1.24. The average Bonchev–Trinajstić information content (AvgIpc) is 2.83. The SMILES string of the molecule is O=C1CCc2c(OS(=O)(=O)c3ccccc3)cccc21. The van der Waals surface area contributed by atoms with Crippen LogP contribution in [0.4, 0.5) is 0 Å². The van der Waals surface area contributed by atoms with Gasteiger partial charge in [0.1, 0.15) is 10.6 Å². The van der Waals surface area contributed by atoms with E-state index >= 15 is 0 Å². The first-order chi connectivity index (χ1) is 9.58. The lowest BCUT2D eigenvalue weighted by atomic mass is 10.1. The number of hydrogen-bond donors (Lipinski definition) is 0. The average molecular weight is 288 g/mol. The highest BCUT2D eigenvalue weighted by atomic mass is 32.2. The molecule has 0 aliphatic heterocycles. The number of ketones is 1. The lowest BCUT2D eigenvalue weighted by molar-refractivity contribution is 0.0994. The fraction of sp³-hybridized carbons (Fsp3) is 0.133. The normalized spacial score (nSPS) is 14.1. The highest BCUT2D eigenvalue weighted by molar-refractivity contribution is 7.87. The van der Waals surface area contributed by atoms with Gasteiger partial charge in [0.2, 0.25) is 0 Å². The van der Waals surface area contributed by atoms with Crippen LogP contribution < -0.4 is 4.18 Å². The molecule has 0 saturated heterocycles. The number of Topliss-reactive ketones (excluding diaryl/α,β-unsaturated/α-hetero) is 1. The van der Waals surface area contributed by atoms with Gasteiger partial charge in [-0.25, -0.2) is 0 Å². The Labute approximate surface area is 117 Å². The summed E-state index contributed by atoms with van der Waals surface area (Å²) >= 11 is 0. The molecule has 0 saturated carbocycles. The van der Waals surface area contributed by atoms with E-state index in [2.05, 4.69) is 0 Å². The summed E-state index contributed by atoms with van der Waals surface area (Å²) in [6.07, 6.45) is 0.926. The second-order valence-corrected chi connectivity index (χ2v) is 6.10. The molecular weight excluding hydrogens is 276 g/mol. The van der Waals surface area contributed by atoms with Crippen LogP contribution in [0.5, 0.6) is 5.75 Å². The predicted molar refractivity (Wildman–Crippen MR) is 73.3 cm³/mol. The lowest BCUT2D eigenvalue weighted by Gasteiger charge is -2.10. The van der Waals surface area contributed by atoms with Crippen molar-refractivity contribution < 1.29 is 17.4 Å². The van der Waals surface area contributed by atoms with Crippen molar-refractivity contribution in [2.24, 2.45) is 0 Å². The first kappa shape index (κ1) is 12.9. The molecule has 0 spiro atoms. The van der Waals surface area contributed by atoms with Crippen LogP contribution in [-0.2, 0) is 16.5 Å². The molecule has 1 aliphatic rings. The van der Waals surface area contributed by atoms with Crippen LogP contribution in [-0.4, -0.2) is 14.2 Å². The van der Waals surface area contributed by atoms with Crippen molar-refractivity contribution in [1.29, 1.82) is 0 Å². The van der Waals surface area contributed by atoms with E-state index in [-0.39, 0.29) is 16.4 Å². The highest BCUT2D eigenvalue weighted by Gasteiger charge is 2.25. The first-order valence-corrected chi connectivity index (χ1v) is 7.63. The zero-order chi connectivity index (χ0) is 14.2. The number of carbonyl (C=O) groups excluding carboxylic acids is 1. The van der Waals surface area contributed by atoms with Gasteiger partial charge in [0.05, 0.1) is 0 Å². The first-order valence-electron chi connectivity index (χ1n) is 6.22. The van der Waals surface area contributed by atoms with E-state index in [0.29, 0.717) is 24.0 Å². The van der Waals surface area contributed by atoms with Crippen molar-refractivity contribution >= 4 is 15.9 Å². The summed E-state index contributed by atoms with van der Waals surface area (Å²) in [6, 6.07) is 12.9. The minimum atomic E-state index is -3.86. The molecule has 1 aliphatic carbocycles. The van der Waals surface area contributed by atoms with Gasteiger partial charge < -0.3 is 4.18 Å². The molecule has 0 N–H and O–H groups in total. The maximum atomic E-state index is 12.2. The molecule has 0 fully saturated rings. The summed E-state index contributed by atoms with van der Waals surface area (Å²) < 4.78 is 29.6. The molecule has 0 heterocycles. The fourth-order valence-corrected chi connectivity index (χ4v) is 3.27. The van der Waals surface area contributed by atoms with Crippen LogP contribution in [0.15, 0.2) is 53.4 Å². The van der Waals surface area contributed by atoms with E-state index in [0.717, 1.165) is 0 Å². The van der Waals surface area contributed by atoms with Crippen LogP contribution in [0.3, 0.4) is 0 Å². The van der Waals surface area contributed by atoms with Gasteiger partial charge in [0.15, 0.2) is 5.78 Å². The van der Waals surface area contributed by atoms with Crippen LogP contribution in [0.25, 0.3) is 0 Å².